The van der Waals surface area contributed by atoms with Gasteiger partial charge in [-0.3, -0.25) is 62.5 Å². The monoisotopic (exact) mass is 1390 g/mol. The van der Waals surface area contributed by atoms with Crippen LogP contribution in [0.4, 0.5) is 15.3 Å². The lowest BCUT2D eigenvalue weighted by molar-refractivity contribution is -0.149. The smallest absolute Gasteiger partial charge is 0.410 e. The highest BCUT2D eigenvalue weighted by Gasteiger charge is 2.45. The zero-order valence-electron chi connectivity index (χ0n) is 60.6. The number of aliphatic hydroxyl groups is 1. The zero-order chi connectivity index (χ0) is 74.4. The SMILES string of the molecule is CC[C@H](C)[C@@H]([C@@H](CC(=O)N1CCC[C@H]1[C@H](OC)[C@@H](C)C(=O)C[C@H](C)[C@@H](O)c1ccccc1)OC)N(C)C(=O)[C@@H](CC(=O)[C@H](C(C)C)N(C)C(=O)OCc1ccc(NC(=O)[C@H](CCCNC(N)=O)CC(=O)[C@@H](NC(=O)CCC(CN2C(=O)C=CC2=O)N2C(=O)C=CC2=O)C(C)C)cc1)C(C)C. The molecule has 0 saturated carbocycles. The third-order valence-corrected chi connectivity index (χ3v) is 19.7. The minimum atomic E-state index is -1.09. The highest BCUT2D eigenvalue weighted by molar-refractivity contribution is 6.14. The van der Waals surface area contributed by atoms with Crippen molar-refractivity contribution < 1.29 is 81.6 Å². The number of Topliss-reactive ketones (excluding diaryl/α,β-unsaturated/α-hetero) is 3. The molecule has 1 fully saturated rings. The predicted octanol–water partition coefficient (Wildman–Crippen LogP) is 6.86. The first-order valence-electron chi connectivity index (χ1n) is 34.9. The maximum atomic E-state index is 14.9. The highest BCUT2D eigenvalue weighted by atomic mass is 16.6. The Balaban J connectivity index is 1.19. The van der Waals surface area contributed by atoms with Gasteiger partial charge in [-0.15, -0.1) is 0 Å². The van der Waals surface area contributed by atoms with E-state index in [9.17, 15) is 67.4 Å². The molecule has 0 spiro atoms. The number of aliphatic hydroxyl groups excluding tert-OH is 1. The van der Waals surface area contributed by atoms with Gasteiger partial charge in [0.2, 0.25) is 23.6 Å². The van der Waals surface area contributed by atoms with Crippen LogP contribution in [-0.2, 0) is 73.6 Å². The molecule has 2 aromatic rings. The summed E-state index contributed by atoms with van der Waals surface area (Å²) in [5.74, 6) is -9.32. The Hall–Kier alpha value is -8.49. The number of imide groups is 2. The average Bonchev–Trinajstić information content (AvgIpc) is 1.45. The minimum absolute atomic E-state index is 0.0681. The fourth-order valence-electron chi connectivity index (χ4n) is 13.8. The second-order valence-corrected chi connectivity index (χ2v) is 27.9. The van der Waals surface area contributed by atoms with Gasteiger partial charge in [0.25, 0.3) is 23.6 Å². The molecule has 5 rings (SSSR count). The van der Waals surface area contributed by atoms with Crippen molar-refractivity contribution in [1.82, 2.24) is 35.1 Å². The quantitative estimate of drug-likeness (QED) is 0.0335. The summed E-state index contributed by atoms with van der Waals surface area (Å²) in [7, 11) is 6.19. The van der Waals surface area contributed by atoms with Gasteiger partial charge in [0.05, 0.1) is 61.5 Å². The van der Waals surface area contributed by atoms with Gasteiger partial charge in [-0.2, -0.15) is 0 Å². The Bertz CT molecular complexity index is 3230. The molecule has 100 heavy (non-hydrogen) atoms. The first kappa shape index (κ1) is 82.2. The number of ketones is 3. The van der Waals surface area contributed by atoms with Crippen LogP contribution in [0.5, 0.6) is 0 Å². The summed E-state index contributed by atoms with van der Waals surface area (Å²) in [6, 6.07) is 10.7. The molecule has 26 heteroatoms. The number of nitrogens with one attached hydrogen (secondary N) is 3. The van der Waals surface area contributed by atoms with E-state index in [1.54, 1.807) is 75.9 Å². The van der Waals surface area contributed by atoms with Crippen LogP contribution in [0, 0.1) is 47.3 Å². The number of likely N-dealkylation sites (tertiary alicyclic amines) is 1. The number of primary amides is 1. The van der Waals surface area contributed by atoms with Crippen molar-refractivity contribution in [2.45, 2.75) is 195 Å². The number of carbonyl (C=O) groups excluding carboxylic acids is 13. The maximum Gasteiger partial charge on any atom is 0.410 e. The Labute approximate surface area is 588 Å². The largest absolute Gasteiger partial charge is 0.445 e. The summed E-state index contributed by atoms with van der Waals surface area (Å²) >= 11 is 0. The number of nitrogens with zero attached hydrogens (tertiary/aromatic N) is 5. The van der Waals surface area contributed by atoms with Gasteiger partial charge < -0.3 is 55.7 Å². The highest BCUT2D eigenvalue weighted by Crippen LogP contribution is 2.34. The molecule has 3 aliphatic rings. The lowest BCUT2D eigenvalue weighted by Crippen LogP contribution is -2.54. The Morgan fingerprint density at radius 1 is 0.700 bits per heavy atom. The number of methoxy groups -OCH3 is 2. The van der Waals surface area contributed by atoms with Crippen LogP contribution in [0.1, 0.15) is 157 Å². The second kappa shape index (κ2) is 38.9. The van der Waals surface area contributed by atoms with Crippen LogP contribution in [0.2, 0.25) is 0 Å². The lowest BCUT2D eigenvalue weighted by atomic mass is 9.83. The van der Waals surface area contributed by atoms with Crippen molar-refractivity contribution in [3.05, 3.63) is 90.0 Å². The predicted molar refractivity (Wildman–Crippen MR) is 372 cm³/mol. The van der Waals surface area contributed by atoms with E-state index in [-0.39, 0.29) is 112 Å². The molecular formula is C74H107N9O17. The number of nitrogens with two attached hydrogens (primary N) is 1. The van der Waals surface area contributed by atoms with Gasteiger partial charge in [-0.1, -0.05) is 118 Å². The van der Waals surface area contributed by atoms with E-state index >= 15 is 0 Å². The first-order valence-corrected chi connectivity index (χ1v) is 34.9. The molecule has 0 bridgehead atoms. The molecule has 3 aliphatic heterocycles. The standard InChI is InChI=1S/C74H107N9O17/c1-15-46(8)68(59(98-13)40-65(92)81-36-20-24-55(81)70(99-14)48(10)56(84)37-47(9)69(93)50-21-17-16-18-22-50)79(11)72(95)54(43(2)3)39-58(86)67(45(6)7)80(12)74(97)100-42-49-25-27-52(28-26-49)77-71(94)51(23-19-35-76-73(75)96)38-57(85)66(44(4)5)78-60(87)30-29-53(83-63(90)33-34-64(83)91)41-82-61(88)31-32-62(82)89/h16-18,21-22,25-28,31-34,43-48,51,53-55,59,66-70,93H,15,19-20,23-24,29-30,35-42H2,1-14H3,(H,77,94)(H,78,87)(H3,75,76,96)/t46-,47-,48-,51+,53?,54-,55-,59+,66-,67-,68-,69+,70+/m0/s1. The molecule has 11 amide bonds. The summed E-state index contributed by atoms with van der Waals surface area (Å²) in [4.78, 5) is 181. The van der Waals surface area contributed by atoms with Gasteiger partial charge >= 0.3 is 12.1 Å². The first-order chi connectivity index (χ1) is 47.3. The van der Waals surface area contributed by atoms with Crippen LogP contribution in [0.15, 0.2) is 78.9 Å². The van der Waals surface area contributed by atoms with E-state index in [1.165, 1.54) is 19.1 Å². The van der Waals surface area contributed by atoms with Crippen LogP contribution in [0.25, 0.3) is 0 Å². The molecule has 13 atom stereocenters. The van der Waals surface area contributed by atoms with Gasteiger partial charge in [0, 0.05) is 115 Å². The van der Waals surface area contributed by atoms with E-state index in [4.69, 9.17) is 19.9 Å². The van der Waals surface area contributed by atoms with Crippen molar-refractivity contribution >= 4 is 82.4 Å². The summed E-state index contributed by atoms with van der Waals surface area (Å²) in [6.07, 6.45) is 2.59. The van der Waals surface area contributed by atoms with Crippen LogP contribution < -0.4 is 21.7 Å². The van der Waals surface area contributed by atoms with Gasteiger partial charge in [0.15, 0.2) is 11.6 Å². The van der Waals surface area contributed by atoms with Crippen molar-refractivity contribution in [3.8, 4) is 0 Å². The molecule has 6 N–H and O–H groups in total. The summed E-state index contributed by atoms with van der Waals surface area (Å²) in [5, 5.41) is 19.1. The van der Waals surface area contributed by atoms with E-state index in [1.807, 2.05) is 71.9 Å². The van der Waals surface area contributed by atoms with Crippen molar-refractivity contribution in [2.75, 3.05) is 53.3 Å². The van der Waals surface area contributed by atoms with Crippen molar-refractivity contribution in [1.29, 1.82) is 0 Å². The number of likely N-dealkylation sites (N-methyl/N-ethyl adjacent to an activating group) is 2. The number of benzene rings is 2. The molecular weight excluding hydrogens is 1290 g/mol. The van der Waals surface area contributed by atoms with E-state index in [0.29, 0.717) is 37.1 Å². The second-order valence-electron chi connectivity index (χ2n) is 27.9. The number of urea groups is 1. The summed E-state index contributed by atoms with van der Waals surface area (Å²) < 4.78 is 17.9. The zero-order valence-corrected chi connectivity index (χ0v) is 60.6. The Morgan fingerprint density at radius 3 is 1.88 bits per heavy atom. The number of anilines is 1. The minimum Gasteiger partial charge on any atom is -0.445 e. The van der Waals surface area contributed by atoms with Gasteiger partial charge in [0.1, 0.15) is 12.4 Å². The molecule has 550 valence electrons. The molecule has 1 unspecified atom stereocenters. The molecule has 2 aromatic carbocycles. The molecule has 0 radical (unpaired) electrons. The van der Waals surface area contributed by atoms with Gasteiger partial charge in [-0.05, 0) is 85.0 Å². The van der Waals surface area contributed by atoms with E-state index in [2.05, 4.69) is 16.0 Å². The number of hydrogen-bond acceptors (Lipinski definition) is 17. The average molecular weight is 1390 g/mol. The normalized spacial score (nSPS) is 18.2. The lowest BCUT2D eigenvalue weighted by Gasteiger charge is -2.41. The van der Waals surface area contributed by atoms with Crippen molar-refractivity contribution in [2.24, 2.45) is 53.1 Å². The fraction of sp³-hybridized carbons (Fsp3) is 0.608. The number of rotatable bonds is 41. The Kier molecular flexibility index (Phi) is 32.0. The molecule has 26 nitrogen and oxygen atoms in total. The van der Waals surface area contributed by atoms with Gasteiger partial charge in [-0.25, -0.2) is 9.59 Å². The van der Waals surface area contributed by atoms with E-state index < -0.39 is 131 Å². The number of amides is 11. The van der Waals surface area contributed by atoms with Crippen molar-refractivity contribution in [3.63, 3.8) is 0 Å². The van der Waals surface area contributed by atoms with Crippen LogP contribution in [0.3, 0.4) is 0 Å². The molecule has 0 aromatic heterocycles. The third-order valence-electron chi connectivity index (χ3n) is 19.7. The maximum absolute atomic E-state index is 14.9. The fourth-order valence-corrected chi connectivity index (χ4v) is 13.8. The topological polar surface area (TPSA) is 348 Å². The Morgan fingerprint density at radius 2 is 1.32 bits per heavy atom. The summed E-state index contributed by atoms with van der Waals surface area (Å²) in [6.45, 7) is 18.3. The van der Waals surface area contributed by atoms with Crippen LogP contribution >= 0.6 is 0 Å². The van der Waals surface area contributed by atoms with E-state index in [0.717, 1.165) is 39.7 Å². The number of carbonyl (C=O) groups is 13. The third kappa shape index (κ3) is 22.5. The summed E-state index contributed by atoms with van der Waals surface area (Å²) in [5.41, 5.74) is 6.85. The molecule has 0 aliphatic carbocycles. The van der Waals surface area contributed by atoms with Crippen LogP contribution in [-0.4, -0.2) is 197 Å². The molecule has 3 heterocycles. The molecule has 1 saturated heterocycles. The number of hydrogen-bond donors (Lipinski definition) is 5. The number of ether oxygens (including phenoxy) is 3.